The standard InChI is InChI=1S/C19H29N3O3/c1-19(2,3)25-18(24)21-15-7-5-14(6-8-15)13-17(23)20-16-9-11-22(4)12-10-16/h5-8,16H,9-13H2,1-4H3,(H,20,23)(H,21,24). The molecular weight excluding hydrogens is 318 g/mol. The molecule has 0 bridgehead atoms. The van der Waals surface area contributed by atoms with E-state index in [0.29, 0.717) is 12.1 Å². The van der Waals surface area contributed by atoms with Crippen LogP contribution in [-0.4, -0.2) is 48.7 Å². The van der Waals surface area contributed by atoms with E-state index < -0.39 is 11.7 Å². The Morgan fingerprint density at radius 3 is 2.32 bits per heavy atom. The maximum atomic E-state index is 12.2. The van der Waals surface area contributed by atoms with Gasteiger partial charge in [-0.05, 0) is 71.4 Å². The van der Waals surface area contributed by atoms with E-state index in [0.717, 1.165) is 31.5 Å². The molecule has 1 aromatic rings. The van der Waals surface area contributed by atoms with Gasteiger partial charge < -0.3 is 15.0 Å². The van der Waals surface area contributed by atoms with Gasteiger partial charge in [0, 0.05) is 11.7 Å². The molecule has 2 rings (SSSR count). The molecule has 0 aromatic heterocycles. The lowest BCUT2D eigenvalue weighted by molar-refractivity contribution is -0.121. The zero-order valence-electron chi connectivity index (χ0n) is 15.6. The molecule has 2 N–H and O–H groups in total. The Balaban J connectivity index is 1.79. The molecule has 1 aromatic carbocycles. The molecule has 0 unspecified atom stereocenters. The van der Waals surface area contributed by atoms with Gasteiger partial charge in [0.25, 0.3) is 0 Å². The summed E-state index contributed by atoms with van der Waals surface area (Å²) >= 11 is 0. The van der Waals surface area contributed by atoms with Gasteiger partial charge >= 0.3 is 6.09 Å². The molecule has 6 nitrogen and oxygen atoms in total. The molecule has 6 heteroatoms. The maximum absolute atomic E-state index is 12.2. The van der Waals surface area contributed by atoms with Crippen molar-refractivity contribution in [2.24, 2.45) is 0 Å². The zero-order valence-corrected chi connectivity index (χ0v) is 15.6. The van der Waals surface area contributed by atoms with E-state index in [1.807, 2.05) is 32.9 Å². The van der Waals surface area contributed by atoms with Gasteiger partial charge in [-0.25, -0.2) is 4.79 Å². The quantitative estimate of drug-likeness (QED) is 0.879. The monoisotopic (exact) mass is 347 g/mol. The third-order valence-corrected chi connectivity index (χ3v) is 4.05. The summed E-state index contributed by atoms with van der Waals surface area (Å²) in [6.07, 6.45) is 1.86. The number of nitrogens with one attached hydrogen (secondary N) is 2. The minimum Gasteiger partial charge on any atom is -0.444 e. The number of rotatable bonds is 4. The van der Waals surface area contributed by atoms with Crippen molar-refractivity contribution in [1.29, 1.82) is 0 Å². The summed E-state index contributed by atoms with van der Waals surface area (Å²) in [6, 6.07) is 7.53. The number of anilines is 1. The second kappa shape index (κ2) is 8.34. The molecular formula is C19H29N3O3. The Labute approximate surface area is 149 Å². The van der Waals surface area contributed by atoms with Crippen molar-refractivity contribution >= 4 is 17.7 Å². The lowest BCUT2D eigenvalue weighted by Gasteiger charge is -2.29. The van der Waals surface area contributed by atoms with Gasteiger partial charge in [-0.15, -0.1) is 0 Å². The van der Waals surface area contributed by atoms with E-state index >= 15 is 0 Å². The highest BCUT2D eigenvalue weighted by Crippen LogP contribution is 2.14. The van der Waals surface area contributed by atoms with Gasteiger partial charge in [-0.2, -0.15) is 0 Å². The summed E-state index contributed by atoms with van der Waals surface area (Å²) < 4.78 is 5.21. The number of piperidine rings is 1. The van der Waals surface area contributed by atoms with Crippen molar-refractivity contribution in [3.05, 3.63) is 29.8 Å². The van der Waals surface area contributed by atoms with Gasteiger partial charge in [-0.3, -0.25) is 10.1 Å². The van der Waals surface area contributed by atoms with Crippen LogP contribution in [0.1, 0.15) is 39.2 Å². The van der Waals surface area contributed by atoms with Gasteiger partial charge in [0.05, 0.1) is 6.42 Å². The number of ether oxygens (including phenoxy) is 1. The van der Waals surface area contributed by atoms with E-state index in [9.17, 15) is 9.59 Å². The van der Waals surface area contributed by atoms with Crippen LogP contribution in [0.4, 0.5) is 10.5 Å². The van der Waals surface area contributed by atoms with Crippen LogP contribution in [0.3, 0.4) is 0 Å². The van der Waals surface area contributed by atoms with Crippen LogP contribution in [0.2, 0.25) is 0 Å². The SMILES string of the molecule is CN1CCC(NC(=O)Cc2ccc(NC(=O)OC(C)(C)C)cc2)CC1. The fourth-order valence-electron chi connectivity index (χ4n) is 2.74. The van der Waals surface area contributed by atoms with E-state index in [-0.39, 0.29) is 11.9 Å². The molecule has 1 aliphatic rings. The van der Waals surface area contributed by atoms with Gasteiger partial charge in [-0.1, -0.05) is 12.1 Å². The van der Waals surface area contributed by atoms with Gasteiger partial charge in [0.2, 0.25) is 5.91 Å². The highest BCUT2D eigenvalue weighted by molar-refractivity contribution is 5.85. The summed E-state index contributed by atoms with van der Waals surface area (Å²) in [5.41, 5.74) is 1.03. The summed E-state index contributed by atoms with van der Waals surface area (Å²) in [5, 5.41) is 5.79. The first-order chi connectivity index (χ1) is 11.7. The highest BCUT2D eigenvalue weighted by Gasteiger charge is 2.19. The molecule has 0 atom stereocenters. The van der Waals surface area contributed by atoms with Crippen LogP contribution in [0.25, 0.3) is 0 Å². The second-order valence-electron chi connectivity index (χ2n) is 7.65. The summed E-state index contributed by atoms with van der Waals surface area (Å²) in [6.45, 7) is 7.50. The summed E-state index contributed by atoms with van der Waals surface area (Å²) in [5.74, 6) is 0.0439. The minimum atomic E-state index is -0.532. The van der Waals surface area contributed by atoms with Gasteiger partial charge in [0.1, 0.15) is 5.60 Å². The molecule has 0 radical (unpaired) electrons. The molecule has 1 saturated heterocycles. The normalized spacial score (nSPS) is 16.3. The first-order valence-electron chi connectivity index (χ1n) is 8.78. The fourth-order valence-corrected chi connectivity index (χ4v) is 2.74. The smallest absolute Gasteiger partial charge is 0.412 e. The molecule has 2 amide bonds. The number of nitrogens with zero attached hydrogens (tertiary/aromatic N) is 1. The lowest BCUT2D eigenvalue weighted by atomic mass is 10.0. The Morgan fingerprint density at radius 1 is 1.16 bits per heavy atom. The molecule has 0 spiro atoms. The Kier molecular flexibility index (Phi) is 6.42. The number of carbonyl (C=O) groups is 2. The number of benzene rings is 1. The van der Waals surface area contributed by atoms with Crippen LogP contribution in [0.15, 0.2) is 24.3 Å². The van der Waals surface area contributed by atoms with Crippen LogP contribution in [-0.2, 0) is 16.0 Å². The molecule has 0 aliphatic carbocycles. The zero-order chi connectivity index (χ0) is 18.4. The summed E-state index contributed by atoms with van der Waals surface area (Å²) in [7, 11) is 2.10. The van der Waals surface area contributed by atoms with Crippen molar-refractivity contribution in [2.45, 2.75) is 51.7 Å². The van der Waals surface area contributed by atoms with E-state index in [2.05, 4.69) is 22.6 Å². The number of amides is 2. The second-order valence-corrected chi connectivity index (χ2v) is 7.65. The van der Waals surface area contributed by atoms with E-state index in [4.69, 9.17) is 4.74 Å². The average molecular weight is 347 g/mol. The van der Waals surface area contributed by atoms with Crippen molar-refractivity contribution < 1.29 is 14.3 Å². The first kappa shape index (κ1) is 19.2. The van der Waals surface area contributed by atoms with Crippen LogP contribution in [0, 0.1) is 0 Å². The third kappa shape index (κ3) is 7.13. The van der Waals surface area contributed by atoms with Crippen LogP contribution in [0.5, 0.6) is 0 Å². The molecule has 25 heavy (non-hydrogen) atoms. The number of hydrogen-bond acceptors (Lipinski definition) is 4. The van der Waals surface area contributed by atoms with Crippen molar-refractivity contribution in [2.75, 3.05) is 25.5 Å². The van der Waals surface area contributed by atoms with E-state index in [1.165, 1.54) is 0 Å². The van der Waals surface area contributed by atoms with Crippen LogP contribution >= 0.6 is 0 Å². The van der Waals surface area contributed by atoms with Gasteiger partial charge in [0.15, 0.2) is 0 Å². The Bertz CT molecular complexity index is 585. The Hall–Kier alpha value is -2.08. The number of carbonyl (C=O) groups excluding carboxylic acids is 2. The average Bonchev–Trinajstić information content (AvgIpc) is 2.49. The fraction of sp³-hybridized carbons (Fsp3) is 0.579. The Morgan fingerprint density at radius 2 is 1.76 bits per heavy atom. The first-order valence-corrected chi connectivity index (χ1v) is 8.78. The predicted octanol–water partition coefficient (Wildman–Crippen LogP) is 2.79. The van der Waals surface area contributed by atoms with Crippen molar-refractivity contribution in [3.63, 3.8) is 0 Å². The molecule has 1 aliphatic heterocycles. The minimum absolute atomic E-state index is 0.0439. The van der Waals surface area contributed by atoms with E-state index in [1.54, 1.807) is 12.1 Å². The highest BCUT2D eigenvalue weighted by atomic mass is 16.6. The van der Waals surface area contributed by atoms with Crippen molar-refractivity contribution in [3.8, 4) is 0 Å². The predicted molar refractivity (Wildman–Crippen MR) is 98.7 cm³/mol. The molecule has 1 fully saturated rings. The summed E-state index contributed by atoms with van der Waals surface area (Å²) in [4.78, 5) is 26.2. The number of likely N-dealkylation sites (tertiary alicyclic amines) is 1. The maximum Gasteiger partial charge on any atom is 0.412 e. The van der Waals surface area contributed by atoms with Crippen molar-refractivity contribution in [1.82, 2.24) is 10.2 Å². The third-order valence-electron chi connectivity index (χ3n) is 4.05. The number of hydrogen-bond donors (Lipinski definition) is 2. The van der Waals surface area contributed by atoms with Crippen LogP contribution < -0.4 is 10.6 Å². The molecule has 138 valence electrons. The molecule has 0 saturated carbocycles. The molecule has 1 heterocycles. The largest absolute Gasteiger partial charge is 0.444 e. The topological polar surface area (TPSA) is 70.7 Å². The lowest BCUT2D eigenvalue weighted by Crippen LogP contribution is -2.43.